The number of carbonyl (C=O) groups is 2. The Morgan fingerprint density at radius 2 is 1.97 bits per heavy atom. The van der Waals surface area contributed by atoms with Crippen LogP contribution in [0.5, 0.6) is 5.75 Å². The quantitative estimate of drug-likeness (QED) is 0.684. The zero-order valence-corrected chi connectivity index (χ0v) is 16.0. The van der Waals surface area contributed by atoms with Crippen LogP contribution in [0.4, 0.5) is 13.2 Å². The third-order valence-electron chi connectivity index (χ3n) is 5.78. The number of alkyl halides is 3. The van der Waals surface area contributed by atoms with Gasteiger partial charge in [-0.25, -0.2) is 0 Å². The van der Waals surface area contributed by atoms with Gasteiger partial charge >= 0.3 is 6.18 Å². The van der Waals surface area contributed by atoms with E-state index in [2.05, 4.69) is 10.3 Å². The standard InChI is InChI=1S/C19H25F3N4O3/c20-19(21,22)11-25-16(28)10-24-14-1-3-18(4-2-14)5-6-26(12-18)17(29)13-7-15(27)9-23-8-13/h7-9,14,24,27H,1-6,10-12H2,(H,25,28)/t14-,18+. The largest absolute Gasteiger partial charge is 0.506 e. The van der Waals surface area contributed by atoms with Gasteiger partial charge in [-0.3, -0.25) is 14.6 Å². The number of hydrogen-bond donors (Lipinski definition) is 3. The van der Waals surface area contributed by atoms with Crippen LogP contribution in [0, 0.1) is 5.41 Å². The third kappa shape index (κ3) is 5.81. The van der Waals surface area contributed by atoms with Gasteiger partial charge in [-0.15, -0.1) is 0 Å². The first-order valence-corrected chi connectivity index (χ1v) is 9.66. The highest BCUT2D eigenvalue weighted by Gasteiger charge is 2.42. The van der Waals surface area contributed by atoms with Crippen LogP contribution in [0.1, 0.15) is 42.5 Å². The molecule has 2 fully saturated rings. The van der Waals surface area contributed by atoms with E-state index in [9.17, 15) is 27.9 Å². The van der Waals surface area contributed by atoms with Crippen LogP contribution in [-0.2, 0) is 4.79 Å². The lowest BCUT2D eigenvalue weighted by Crippen LogP contribution is -2.45. The first kappa shape index (κ1) is 21.4. The van der Waals surface area contributed by atoms with E-state index in [4.69, 9.17) is 0 Å². The third-order valence-corrected chi connectivity index (χ3v) is 5.78. The average Bonchev–Trinajstić information content (AvgIpc) is 3.08. The number of nitrogens with zero attached hydrogens (tertiary/aromatic N) is 2. The second-order valence-electron chi connectivity index (χ2n) is 7.96. The number of amides is 2. The summed E-state index contributed by atoms with van der Waals surface area (Å²) in [7, 11) is 0. The molecule has 0 bridgehead atoms. The van der Waals surface area contributed by atoms with Crippen LogP contribution < -0.4 is 10.6 Å². The Hall–Kier alpha value is -2.36. The van der Waals surface area contributed by atoms with E-state index in [-0.39, 0.29) is 29.7 Å². The van der Waals surface area contributed by atoms with Gasteiger partial charge in [0, 0.05) is 25.3 Å². The fourth-order valence-electron chi connectivity index (χ4n) is 4.18. The second kappa shape index (κ2) is 8.56. The molecule has 1 saturated heterocycles. The predicted molar refractivity (Wildman–Crippen MR) is 98.2 cm³/mol. The molecule has 0 aromatic carbocycles. The molecule has 10 heteroatoms. The number of halogens is 3. The van der Waals surface area contributed by atoms with Gasteiger partial charge in [0.05, 0.1) is 18.3 Å². The monoisotopic (exact) mass is 414 g/mol. The van der Waals surface area contributed by atoms with E-state index in [0.717, 1.165) is 32.1 Å². The molecule has 0 atom stereocenters. The van der Waals surface area contributed by atoms with Crippen molar-refractivity contribution in [3.63, 3.8) is 0 Å². The summed E-state index contributed by atoms with van der Waals surface area (Å²) in [6.45, 7) is -0.171. The number of aromatic nitrogens is 1. The summed E-state index contributed by atoms with van der Waals surface area (Å²) in [4.78, 5) is 29.8. The summed E-state index contributed by atoms with van der Waals surface area (Å²) in [5.74, 6) is -0.859. The molecule has 2 amide bonds. The van der Waals surface area contributed by atoms with Gasteiger partial charge in [0.15, 0.2) is 0 Å². The number of nitrogens with one attached hydrogen (secondary N) is 2. The molecule has 7 nitrogen and oxygen atoms in total. The fourth-order valence-corrected chi connectivity index (χ4v) is 4.18. The van der Waals surface area contributed by atoms with Crippen molar-refractivity contribution in [3.05, 3.63) is 24.0 Å². The summed E-state index contributed by atoms with van der Waals surface area (Å²) in [6, 6.07) is 1.49. The Bertz CT molecular complexity index is 748. The molecule has 1 aromatic rings. The lowest BCUT2D eigenvalue weighted by Gasteiger charge is -2.37. The summed E-state index contributed by atoms with van der Waals surface area (Å²) >= 11 is 0. The molecule has 2 aliphatic rings. The van der Waals surface area contributed by atoms with E-state index in [0.29, 0.717) is 18.7 Å². The number of pyridine rings is 1. The minimum Gasteiger partial charge on any atom is -0.506 e. The van der Waals surface area contributed by atoms with E-state index in [1.165, 1.54) is 18.5 Å². The maximum absolute atomic E-state index is 12.6. The van der Waals surface area contributed by atoms with Crippen molar-refractivity contribution >= 4 is 11.8 Å². The Kier molecular flexibility index (Phi) is 6.30. The molecule has 0 radical (unpaired) electrons. The van der Waals surface area contributed by atoms with E-state index < -0.39 is 18.6 Å². The molecule has 29 heavy (non-hydrogen) atoms. The smallest absolute Gasteiger partial charge is 0.405 e. The number of carbonyl (C=O) groups excluding carboxylic acids is 2. The Morgan fingerprint density at radius 1 is 1.24 bits per heavy atom. The molecule has 1 aliphatic heterocycles. The number of likely N-dealkylation sites (tertiary alicyclic amines) is 1. The van der Waals surface area contributed by atoms with Crippen LogP contribution in [0.3, 0.4) is 0 Å². The fraction of sp³-hybridized carbons (Fsp3) is 0.632. The molecule has 160 valence electrons. The van der Waals surface area contributed by atoms with Crippen molar-refractivity contribution in [1.82, 2.24) is 20.5 Å². The summed E-state index contributed by atoms with van der Waals surface area (Å²) < 4.78 is 36.4. The average molecular weight is 414 g/mol. The highest BCUT2D eigenvalue weighted by atomic mass is 19.4. The maximum Gasteiger partial charge on any atom is 0.405 e. The highest BCUT2D eigenvalue weighted by molar-refractivity contribution is 5.94. The lowest BCUT2D eigenvalue weighted by atomic mass is 9.72. The molecule has 3 N–H and O–H groups in total. The van der Waals surface area contributed by atoms with Crippen molar-refractivity contribution < 1.29 is 27.9 Å². The van der Waals surface area contributed by atoms with E-state index in [1.807, 2.05) is 5.32 Å². The molecule has 3 rings (SSSR count). The van der Waals surface area contributed by atoms with Crippen molar-refractivity contribution in [2.45, 2.75) is 44.3 Å². The van der Waals surface area contributed by atoms with Crippen molar-refractivity contribution in [1.29, 1.82) is 0 Å². The van der Waals surface area contributed by atoms with Crippen LogP contribution >= 0.6 is 0 Å². The first-order chi connectivity index (χ1) is 13.7. The predicted octanol–water partition coefficient (Wildman–Crippen LogP) is 1.83. The van der Waals surface area contributed by atoms with E-state index in [1.54, 1.807) is 4.90 Å². The van der Waals surface area contributed by atoms with Gasteiger partial charge < -0.3 is 20.6 Å². The minimum absolute atomic E-state index is 0.0383. The molecular weight excluding hydrogens is 389 g/mol. The van der Waals surface area contributed by atoms with Crippen molar-refractivity contribution in [2.24, 2.45) is 5.41 Å². The van der Waals surface area contributed by atoms with Crippen LogP contribution in [0.25, 0.3) is 0 Å². The number of aromatic hydroxyl groups is 1. The maximum atomic E-state index is 12.6. The van der Waals surface area contributed by atoms with Gasteiger partial charge in [-0.05, 0) is 43.6 Å². The van der Waals surface area contributed by atoms with Crippen molar-refractivity contribution in [3.8, 4) is 5.75 Å². The normalized spacial score (nSPS) is 24.7. The van der Waals surface area contributed by atoms with Gasteiger partial charge in [-0.2, -0.15) is 13.2 Å². The topological polar surface area (TPSA) is 94.6 Å². The molecule has 2 heterocycles. The molecule has 1 spiro atoms. The minimum atomic E-state index is -4.41. The molecule has 1 saturated carbocycles. The van der Waals surface area contributed by atoms with Crippen LogP contribution in [0.15, 0.2) is 18.5 Å². The first-order valence-electron chi connectivity index (χ1n) is 9.66. The molecule has 1 aromatic heterocycles. The molecule has 1 aliphatic carbocycles. The van der Waals surface area contributed by atoms with Crippen LogP contribution in [0.2, 0.25) is 0 Å². The van der Waals surface area contributed by atoms with Crippen LogP contribution in [-0.4, -0.2) is 65.2 Å². The summed E-state index contributed by atoms with van der Waals surface area (Å²) in [5.41, 5.74) is 0.402. The number of rotatable bonds is 5. The van der Waals surface area contributed by atoms with Gasteiger partial charge in [0.25, 0.3) is 5.91 Å². The lowest BCUT2D eigenvalue weighted by molar-refractivity contribution is -0.138. The van der Waals surface area contributed by atoms with Gasteiger partial charge in [-0.1, -0.05) is 0 Å². The van der Waals surface area contributed by atoms with Crippen molar-refractivity contribution in [2.75, 3.05) is 26.2 Å². The zero-order chi connectivity index (χ0) is 21.1. The zero-order valence-electron chi connectivity index (χ0n) is 16.0. The Balaban J connectivity index is 1.43. The SMILES string of the molecule is O=C(CN[C@H]1CC[C@]2(CCN(C(=O)c3cncc(O)c3)C2)CC1)NCC(F)(F)F. The Morgan fingerprint density at radius 3 is 2.62 bits per heavy atom. The summed E-state index contributed by atoms with van der Waals surface area (Å²) in [6.07, 6.45) is 2.59. The highest BCUT2D eigenvalue weighted by Crippen LogP contribution is 2.44. The summed E-state index contributed by atoms with van der Waals surface area (Å²) in [5, 5.41) is 14.4. The number of hydrogen-bond acceptors (Lipinski definition) is 5. The Labute approximate surface area is 166 Å². The molecular formula is C19H25F3N4O3. The van der Waals surface area contributed by atoms with Gasteiger partial charge in [0.1, 0.15) is 12.3 Å². The second-order valence-corrected chi connectivity index (χ2v) is 7.96. The van der Waals surface area contributed by atoms with E-state index >= 15 is 0 Å². The molecule has 0 unspecified atom stereocenters. The van der Waals surface area contributed by atoms with Gasteiger partial charge in [0.2, 0.25) is 5.91 Å².